The van der Waals surface area contributed by atoms with E-state index in [1.165, 1.54) is 35.9 Å². The van der Waals surface area contributed by atoms with Crippen LogP contribution in [0.5, 0.6) is 0 Å². The largest absolute Gasteiger partial charge is 0.321 e. The van der Waals surface area contributed by atoms with Crippen LogP contribution < -0.4 is 5.32 Å². The lowest BCUT2D eigenvalue weighted by Gasteiger charge is -2.13. The second-order valence-corrected chi connectivity index (χ2v) is 3.58. The Morgan fingerprint density at radius 2 is 2.30 bits per heavy atom. The summed E-state index contributed by atoms with van der Waals surface area (Å²) in [6.45, 7) is 0. The topological polar surface area (TPSA) is 29.1 Å². The molecule has 10 heavy (non-hydrogen) atoms. The van der Waals surface area contributed by atoms with Gasteiger partial charge in [-0.15, -0.1) is 0 Å². The summed E-state index contributed by atoms with van der Waals surface area (Å²) < 4.78 is 0. The molecule has 1 N–H and O–H groups in total. The number of carbonyl (C=O) groups excluding carboxylic acids is 1. The summed E-state index contributed by atoms with van der Waals surface area (Å²) in [4.78, 5) is 10.8. The predicted molar refractivity (Wildman–Crippen MR) is 41.9 cm³/mol. The van der Waals surface area contributed by atoms with Crippen molar-refractivity contribution in [1.29, 1.82) is 0 Å². The molecule has 0 aromatic heterocycles. The Bertz CT molecular complexity index is 210. The fourth-order valence-electron chi connectivity index (χ4n) is 1.43. The first-order valence-corrected chi connectivity index (χ1v) is 4.49. The van der Waals surface area contributed by atoms with Crippen molar-refractivity contribution in [3.63, 3.8) is 0 Å². The van der Waals surface area contributed by atoms with Gasteiger partial charge in [-0.25, -0.2) is 0 Å². The molecule has 0 aromatic carbocycles. The Morgan fingerprint density at radius 1 is 1.40 bits per heavy atom. The van der Waals surface area contributed by atoms with Gasteiger partial charge in [0.15, 0.2) is 0 Å². The molecule has 0 unspecified atom stereocenters. The van der Waals surface area contributed by atoms with Gasteiger partial charge in [-0.05, 0) is 24.8 Å². The van der Waals surface area contributed by atoms with Crippen LogP contribution in [0, 0.1) is 0 Å². The minimum Gasteiger partial charge on any atom is -0.321 e. The first-order chi connectivity index (χ1) is 4.86. The van der Waals surface area contributed by atoms with Gasteiger partial charge in [0.25, 0.3) is 5.24 Å². The molecule has 2 aliphatic rings. The zero-order valence-corrected chi connectivity index (χ0v) is 6.46. The third kappa shape index (κ3) is 0.944. The highest BCUT2D eigenvalue weighted by molar-refractivity contribution is 8.13. The first kappa shape index (κ1) is 6.28. The van der Waals surface area contributed by atoms with E-state index in [2.05, 4.69) is 5.32 Å². The monoisotopic (exact) mass is 155 g/mol. The molecule has 3 heteroatoms. The summed E-state index contributed by atoms with van der Waals surface area (Å²) in [6, 6.07) is 0. The highest BCUT2D eigenvalue weighted by Gasteiger charge is 2.21. The lowest BCUT2D eigenvalue weighted by molar-refractivity contribution is 0.262. The van der Waals surface area contributed by atoms with Crippen molar-refractivity contribution < 1.29 is 4.79 Å². The van der Waals surface area contributed by atoms with Crippen LogP contribution in [0.3, 0.4) is 0 Å². The third-order valence-corrected chi connectivity index (χ3v) is 2.82. The Balaban J connectivity index is 2.21. The first-order valence-electron chi connectivity index (χ1n) is 3.51. The molecule has 2 nitrogen and oxygen atoms in total. The predicted octanol–water partition coefficient (Wildman–Crippen LogP) is 1.88. The zero-order chi connectivity index (χ0) is 6.97. The Hall–Kier alpha value is -0.440. The quantitative estimate of drug-likeness (QED) is 0.578. The molecule has 2 rings (SSSR count). The van der Waals surface area contributed by atoms with Crippen LogP contribution in [0.1, 0.15) is 19.3 Å². The van der Waals surface area contributed by atoms with Gasteiger partial charge >= 0.3 is 0 Å². The highest BCUT2D eigenvalue weighted by atomic mass is 32.2. The van der Waals surface area contributed by atoms with Gasteiger partial charge in [0.2, 0.25) is 0 Å². The van der Waals surface area contributed by atoms with E-state index in [0.29, 0.717) is 0 Å². The number of nitrogens with one attached hydrogen (secondary N) is 1. The standard InChI is InChI=1S/C7H9NOS/c9-7-8-6-3-1-2-5(6)4-10-7/h1-4H2,(H,8,9). The number of rotatable bonds is 0. The van der Waals surface area contributed by atoms with Gasteiger partial charge in [0, 0.05) is 11.4 Å². The zero-order valence-electron chi connectivity index (χ0n) is 5.64. The maximum atomic E-state index is 10.8. The fraction of sp³-hybridized carbons (Fsp3) is 0.571. The summed E-state index contributed by atoms with van der Waals surface area (Å²) in [5.41, 5.74) is 2.67. The molecule has 54 valence electrons. The average molecular weight is 155 g/mol. The average Bonchev–Trinajstić information content (AvgIpc) is 2.33. The van der Waals surface area contributed by atoms with E-state index >= 15 is 0 Å². The molecular weight excluding hydrogens is 146 g/mol. The van der Waals surface area contributed by atoms with Gasteiger partial charge in [0.1, 0.15) is 0 Å². The van der Waals surface area contributed by atoms with Crippen LogP contribution in [0.15, 0.2) is 11.3 Å². The SMILES string of the molecule is O=C1NC2=C(CCC2)CS1. The molecule has 0 atom stereocenters. The van der Waals surface area contributed by atoms with E-state index < -0.39 is 0 Å². The van der Waals surface area contributed by atoms with Crippen molar-refractivity contribution in [1.82, 2.24) is 5.32 Å². The summed E-state index contributed by atoms with van der Waals surface area (Å²) in [5, 5.41) is 3.01. The Kier molecular flexibility index (Phi) is 1.45. The molecule has 0 bridgehead atoms. The smallest absolute Gasteiger partial charge is 0.283 e. The van der Waals surface area contributed by atoms with E-state index in [-0.39, 0.29) is 5.24 Å². The van der Waals surface area contributed by atoms with Crippen LogP contribution in [0.25, 0.3) is 0 Å². The molecule has 0 radical (unpaired) electrons. The van der Waals surface area contributed by atoms with Crippen molar-refractivity contribution in [2.24, 2.45) is 0 Å². The van der Waals surface area contributed by atoms with Crippen LogP contribution in [-0.2, 0) is 0 Å². The van der Waals surface area contributed by atoms with E-state index in [4.69, 9.17) is 0 Å². The number of amides is 1. The maximum absolute atomic E-state index is 10.8. The third-order valence-electron chi connectivity index (χ3n) is 1.96. The summed E-state index contributed by atoms with van der Waals surface area (Å²) >= 11 is 1.39. The molecule has 1 amide bonds. The lowest BCUT2D eigenvalue weighted by atomic mass is 10.2. The molecule has 1 aliphatic heterocycles. The fourth-order valence-corrected chi connectivity index (χ4v) is 2.25. The second kappa shape index (κ2) is 2.31. The molecule has 0 aromatic rings. The molecule has 0 spiro atoms. The van der Waals surface area contributed by atoms with Crippen molar-refractivity contribution in [2.45, 2.75) is 19.3 Å². The van der Waals surface area contributed by atoms with Crippen molar-refractivity contribution in [3.8, 4) is 0 Å². The summed E-state index contributed by atoms with van der Waals surface area (Å²) in [6.07, 6.45) is 3.51. The van der Waals surface area contributed by atoms with Gasteiger partial charge in [0.05, 0.1) is 0 Å². The summed E-state index contributed by atoms with van der Waals surface area (Å²) in [7, 11) is 0. The number of hydrogen-bond acceptors (Lipinski definition) is 2. The van der Waals surface area contributed by atoms with Crippen LogP contribution in [0.2, 0.25) is 0 Å². The van der Waals surface area contributed by atoms with Crippen molar-refractivity contribution >= 4 is 17.0 Å². The molecule has 1 aliphatic carbocycles. The van der Waals surface area contributed by atoms with Crippen LogP contribution >= 0.6 is 11.8 Å². The van der Waals surface area contributed by atoms with Crippen LogP contribution in [0.4, 0.5) is 4.79 Å². The number of allylic oxidation sites excluding steroid dienone is 1. The van der Waals surface area contributed by atoms with Gasteiger partial charge in [-0.3, -0.25) is 4.79 Å². The Morgan fingerprint density at radius 3 is 3.20 bits per heavy atom. The highest BCUT2D eigenvalue weighted by Crippen LogP contribution is 2.30. The second-order valence-electron chi connectivity index (χ2n) is 2.64. The van der Waals surface area contributed by atoms with E-state index in [0.717, 1.165) is 12.2 Å². The van der Waals surface area contributed by atoms with E-state index in [1.54, 1.807) is 0 Å². The summed E-state index contributed by atoms with van der Waals surface area (Å²) in [5.74, 6) is 0.932. The van der Waals surface area contributed by atoms with Crippen molar-refractivity contribution in [2.75, 3.05) is 5.75 Å². The molecule has 0 saturated heterocycles. The van der Waals surface area contributed by atoms with Crippen LogP contribution in [-0.4, -0.2) is 11.0 Å². The molecule has 0 fully saturated rings. The lowest BCUT2D eigenvalue weighted by Crippen LogP contribution is -2.22. The normalized spacial score (nSPS) is 24.6. The number of thioether (sulfide) groups is 1. The maximum Gasteiger partial charge on any atom is 0.283 e. The van der Waals surface area contributed by atoms with E-state index in [9.17, 15) is 4.79 Å². The number of hydrogen-bond donors (Lipinski definition) is 1. The minimum absolute atomic E-state index is 0.126. The number of carbonyl (C=O) groups is 1. The minimum atomic E-state index is 0.126. The molecule has 0 saturated carbocycles. The molecular formula is C7H9NOS. The van der Waals surface area contributed by atoms with Gasteiger partial charge in [-0.2, -0.15) is 0 Å². The van der Waals surface area contributed by atoms with E-state index in [1.807, 2.05) is 0 Å². The molecule has 1 heterocycles. The van der Waals surface area contributed by atoms with Gasteiger partial charge < -0.3 is 5.32 Å². The Labute approximate surface area is 64.1 Å². The van der Waals surface area contributed by atoms with Crippen molar-refractivity contribution in [3.05, 3.63) is 11.3 Å². The van der Waals surface area contributed by atoms with Gasteiger partial charge in [-0.1, -0.05) is 11.8 Å².